The van der Waals surface area contributed by atoms with Gasteiger partial charge < -0.3 is 14.2 Å². The Hall–Kier alpha value is -3.92. The Labute approximate surface area is 233 Å². The number of carbonyl (C=O) groups excluding carboxylic acids is 1. The van der Waals surface area contributed by atoms with Gasteiger partial charge in [-0.2, -0.15) is 18.2 Å². The molecule has 5 rings (SSSR count). The van der Waals surface area contributed by atoms with Gasteiger partial charge in [0, 0.05) is 53.3 Å². The second-order valence-corrected chi connectivity index (χ2v) is 10.2. The largest absolute Gasteiger partial charge is 0.474 e. The first-order chi connectivity index (χ1) is 19.1. The number of aromatic nitrogens is 3. The fraction of sp³-hybridized carbons (Fsp3) is 0.310. The first kappa shape index (κ1) is 27.6. The molecule has 0 aliphatic carbocycles. The lowest BCUT2D eigenvalue weighted by Crippen LogP contribution is -2.46. The summed E-state index contributed by atoms with van der Waals surface area (Å²) >= 11 is 6.13. The minimum Gasteiger partial charge on any atom is -0.474 e. The number of halogens is 4. The summed E-state index contributed by atoms with van der Waals surface area (Å²) < 4.78 is 50.0. The van der Waals surface area contributed by atoms with E-state index in [1.807, 2.05) is 24.0 Å². The molecule has 3 heterocycles. The number of hydrogen-bond acceptors (Lipinski definition) is 6. The van der Waals surface area contributed by atoms with Crippen LogP contribution in [0.1, 0.15) is 46.6 Å². The number of alkyl halides is 3. The molecule has 2 aromatic carbocycles. The molecule has 0 spiro atoms. The van der Waals surface area contributed by atoms with Crippen LogP contribution in [0, 0.1) is 12.8 Å². The Kier molecular flexibility index (Phi) is 7.80. The topological polar surface area (TPSA) is 81.4 Å². The van der Waals surface area contributed by atoms with Crippen LogP contribution in [0.25, 0.3) is 11.5 Å². The molecular weight excluding hydrogens is 545 g/mol. The highest BCUT2D eigenvalue weighted by Crippen LogP contribution is 2.37. The van der Waals surface area contributed by atoms with Crippen molar-refractivity contribution in [3.05, 3.63) is 94.4 Å². The van der Waals surface area contributed by atoms with E-state index in [0.29, 0.717) is 41.8 Å². The minimum atomic E-state index is -4.47. The summed E-state index contributed by atoms with van der Waals surface area (Å²) in [6.45, 7) is 4.54. The van der Waals surface area contributed by atoms with Gasteiger partial charge in [0.25, 0.3) is 11.8 Å². The van der Waals surface area contributed by atoms with Gasteiger partial charge >= 0.3 is 6.18 Å². The number of benzene rings is 2. The average Bonchev–Trinajstić information content (AvgIpc) is 3.39. The van der Waals surface area contributed by atoms with E-state index >= 15 is 0 Å². The Morgan fingerprint density at radius 2 is 1.82 bits per heavy atom. The Balaban J connectivity index is 1.33. The summed E-state index contributed by atoms with van der Waals surface area (Å²) in [6, 6.07) is 16.7. The van der Waals surface area contributed by atoms with E-state index in [0.717, 1.165) is 23.4 Å². The molecule has 11 heteroatoms. The second-order valence-electron chi connectivity index (χ2n) is 9.79. The summed E-state index contributed by atoms with van der Waals surface area (Å²) in [5.74, 6) is 0.793. The predicted molar refractivity (Wildman–Crippen MR) is 142 cm³/mol. The maximum Gasteiger partial charge on any atom is 0.417 e. The molecule has 1 saturated heterocycles. The molecule has 0 unspecified atom stereocenters. The van der Waals surface area contributed by atoms with Gasteiger partial charge in [-0.3, -0.25) is 4.79 Å². The van der Waals surface area contributed by atoms with E-state index in [9.17, 15) is 18.0 Å². The summed E-state index contributed by atoms with van der Waals surface area (Å²) in [6.07, 6.45) is -3.45. The van der Waals surface area contributed by atoms with Crippen molar-refractivity contribution in [2.75, 3.05) is 13.1 Å². The number of pyridine rings is 1. The van der Waals surface area contributed by atoms with Crippen LogP contribution < -0.4 is 4.74 Å². The van der Waals surface area contributed by atoms with Crippen LogP contribution in [0.5, 0.6) is 5.88 Å². The number of ether oxygens (including phenoxy) is 1. The van der Waals surface area contributed by atoms with Crippen LogP contribution in [0.2, 0.25) is 5.02 Å². The number of amides is 1. The third-order valence-corrected chi connectivity index (χ3v) is 7.38. The molecule has 0 radical (unpaired) electrons. The Morgan fingerprint density at radius 3 is 2.42 bits per heavy atom. The van der Waals surface area contributed by atoms with Gasteiger partial charge in [0.1, 0.15) is 6.10 Å². The third-order valence-electron chi connectivity index (χ3n) is 7.13. The van der Waals surface area contributed by atoms with Gasteiger partial charge in [-0.05, 0) is 68.3 Å². The number of carbonyl (C=O) groups is 1. The van der Waals surface area contributed by atoms with Crippen LogP contribution in [0.4, 0.5) is 13.2 Å². The maximum absolute atomic E-state index is 13.5. The fourth-order valence-electron chi connectivity index (χ4n) is 5.03. The monoisotopic (exact) mass is 570 g/mol. The predicted octanol–water partition coefficient (Wildman–Crippen LogP) is 6.83. The van der Waals surface area contributed by atoms with Crippen LogP contribution in [0.15, 0.2) is 71.4 Å². The molecule has 1 fully saturated rings. The van der Waals surface area contributed by atoms with Crippen molar-refractivity contribution in [2.45, 2.75) is 38.5 Å². The van der Waals surface area contributed by atoms with E-state index in [4.69, 9.17) is 20.9 Å². The molecule has 1 aliphatic rings. The summed E-state index contributed by atoms with van der Waals surface area (Å²) in [4.78, 5) is 23.4. The Morgan fingerprint density at radius 1 is 1.10 bits per heavy atom. The van der Waals surface area contributed by atoms with Gasteiger partial charge in [-0.25, -0.2) is 4.98 Å². The summed E-state index contributed by atoms with van der Waals surface area (Å²) in [5.41, 5.74) is 1.41. The molecule has 7 nitrogen and oxygen atoms in total. The first-order valence-corrected chi connectivity index (χ1v) is 13.1. The molecule has 3 atom stereocenters. The standard InChI is InChI=1S/C29H26ClF3N4O3/c1-17(39-26-12-9-22(15-34-26)29(31,32)33)24-13-14-37(16-25(24)19-7-10-23(30)11-8-19)28(38)21-5-3-20(4-6-21)27-35-18(2)36-40-27/h3-12,15,17,24-25H,13-14,16H2,1-2H3/t17-,24+,25+/m0/s1. The highest BCUT2D eigenvalue weighted by molar-refractivity contribution is 6.30. The van der Waals surface area contributed by atoms with Crippen molar-refractivity contribution in [3.63, 3.8) is 0 Å². The normalized spacial score (nSPS) is 18.4. The molecule has 208 valence electrons. The smallest absolute Gasteiger partial charge is 0.417 e. The Bertz CT molecular complexity index is 1460. The quantitative estimate of drug-likeness (QED) is 0.253. The van der Waals surface area contributed by atoms with E-state index in [1.165, 1.54) is 6.07 Å². The van der Waals surface area contributed by atoms with Gasteiger partial charge in [0.2, 0.25) is 5.88 Å². The van der Waals surface area contributed by atoms with Crippen molar-refractivity contribution in [1.82, 2.24) is 20.0 Å². The highest BCUT2D eigenvalue weighted by Gasteiger charge is 2.37. The number of nitrogens with zero attached hydrogens (tertiary/aromatic N) is 4. The zero-order valence-corrected chi connectivity index (χ0v) is 22.5. The van der Waals surface area contributed by atoms with E-state index in [-0.39, 0.29) is 29.7 Å². The molecule has 0 saturated carbocycles. The number of aryl methyl sites for hydroxylation is 1. The second kappa shape index (κ2) is 11.3. The summed E-state index contributed by atoms with van der Waals surface area (Å²) in [5, 5.41) is 4.39. The van der Waals surface area contributed by atoms with E-state index in [1.54, 1.807) is 43.3 Å². The zero-order chi connectivity index (χ0) is 28.4. The maximum atomic E-state index is 13.5. The molecule has 2 aromatic heterocycles. The van der Waals surface area contributed by atoms with Gasteiger partial charge in [0.15, 0.2) is 5.82 Å². The number of piperidine rings is 1. The number of hydrogen-bond donors (Lipinski definition) is 0. The zero-order valence-electron chi connectivity index (χ0n) is 21.7. The average molecular weight is 571 g/mol. The van der Waals surface area contributed by atoms with E-state index < -0.39 is 11.7 Å². The van der Waals surface area contributed by atoms with Crippen LogP contribution in [0.3, 0.4) is 0 Å². The summed E-state index contributed by atoms with van der Waals surface area (Å²) in [7, 11) is 0. The SMILES string of the molecule is Cc1noc(-c2ccc(C(=O)N3CC[C@H]([C@H](C)Oc4ccc(C(F)(F)F)cn4)[C@@H](c4ccc(Cl)cc4)C3)cc2)n1. The molecule has 1 aliphatic heterocycles. The van der Waals surface area contributed by atoms with Crippen molar-refractivity contribution < 1.29 is 27.2 Å². The van der Waals surface area contributed by atoms with Crippen LogP contribution in [-0.2, 0) is 6.18 Å². The van der Waals surface area contributed by atoms with Gasteiger partial charge in [-0.1, -0.05) is 28.9 Å². The molecule has 1 amide bonds. The molecule has 0 N–H and O–H groups in total. The lowest BCUT2D eigenvalue weighted by atomic mass is 9.77. The highest BCUT2D eigenvalue weighted by atomic mass is 35.5. The molecule has 4 aromatic rings. The van der Waals surface area contributed by atoms with Crippen LogP contribution in [-0.4, -0.2) is 45.1 Å². The lowest BCUT2D eigenvalue weighted by molar-refractivity contribution is -0.137. The minimum absolute atomic E-state index is 0.0301. The molecule has 0 bridgehead atoms. The number of likely N-dealkylation sites (tertiary alicyclic amines) is 1. The van der Waals surface area contributed by atoms with Crippen LogP contribution >= 0.6 is 11.6 Å². The number of rotatable bonds is 6. The van der Waals surface area contributed by atoms with Crippen molar-refractivity contribution in [2.24, 2.45) is 5.92 Å². The fourth-order valence-corrected chi connectivity index (χ4v) is 5.15. The third kappa shape index (κ3) is 6.12. The molecular formula is C29H26ClF3N4O3. The van der Waals surface area contributed by atoms with Gasteiger partial charge in [0.05, 0.1) is 5.56 Å². The molecule has 40 heavy (non-hydrogen) atoms. The van der Waals surface area contributed by atoms with Crippen molar-refractivity contribution >= 4 is 17.5 Å². The van der Waals surface area contributed by atoms with Crippen molar-refractivity contribution in [1.29, 1.82) is 0 Å². The first-order valence-electron chi connectivity index (χ1n) is 12.7. The lowest BCUT2D eigenvalue weighted by Gasteiger charge is -2.41. The van der Waals surface area contributed by atoms with Gasteiger partial charge in [-0.15, -0.1) is 0 Å². The van der Waals surface area contributed by atoms with Crippen molar-refractivity contribution in [3.8, 4) is 17.3 Å². The van der Waals surface area contributed by atoms with E-state index in [2.05, 4.69) is 15.1 Å².